The van der Waals surface area contributed by atoms with Gasteiger partial charge in [-0.05, 0) is 37.8 Å². The minimum absolute atomic E-state index is 0.118. The summed E-state index contributed by atoms with van der Waals surface area (Å²) in [5, 5.41) is 14.0. The third-order valence-corrected chi connectivity index (χ3v) is 5.26. The molecule has 1 heterocycles. The first-order valence-corrected chi connectivity index (χ1v) is 9.30. The van der Waals surface area contributed by atoms with Gasteiger partial charge in [0, 0.05) is 10.9 Å². The lowest BCUT2D eigenvalue weighted by atomic mass is 10.1. The van der Waals surface area contributed by atoms with Crippen LogP contribution in [0.5, 0.6) is 5.75 Å². The Morgan fingerprint density at radius 1 is 1.33 bits per heavy atom. The molecule has 0 saturated carbocycles. The lowest BCUT2D eigenvalue weighted by Crippen LogP contribution is -2.21. The van der Waals surface area contributed by atoms with E-state index in [2.05, 4.69) is 5.32 Å². The van der Waals surface area contributed by atoms with Crippen molar-refractivity contribution in [1.82, 2.24) is 0 Å². The van der Waals surface area contributed by atoms with Crippen LogP contribution in [0.25, 0.3) is 0 Å². The fourth-order valence-electron chi connectivity index (χ4n) is 2.91. The number of rotatable bonds is 7. The second-order valence-corrected chi connectivity index (χ2v) is 6.98. The zero-order chi connectivity index (χ0) is 19.4. The molecule has 27 heavy (non-hydrogen) atoms. The van der Waals surface area contributed by atoms with Gasteiger partial charge < -0.3 is 14.8 Å². The molecule has 1 aromatic carbocycles. The van der Waals surface area contributed by atoms with E-state index in [0.29, 0.717) is 10.6 Å². The van der Waals surface area contributed by atoms with Gasteiger partial charge in [0.05, 0.1) is 23.2 Å². The summed E-state index contributed by atoms with van der Waals surface area (Å²) in [6.07, 6.45) is 2.66. The monoisotopic (exact) mass is 390 g/mol. The maximum atomic E-state index is 12.3. The van der Waals surface area contributed by atoms with Gasteiger partial charge in [0.15, 0.2) is 6.61 Å². The van der Waals surface area contributed by atoms with Gasteiger partial charge in [-0.1, -0.05) is 6.07 Å². The van der Waals surface area contributed by atoms with Crippen LogP contribution in [-0.4, -0.2) is 30.0 Å². The first-order valence-electron chi connectivity index (χ1n) is 8.48. The molecule has 0 bridgehead atoms. The molecule has 0 spiro atoms. The van der Waals surface area contributed by atoms with Gasteiger partial charge in [-0.3, -0.25) is 14.9 Å². The van der Waals surface area contributed by atoms with Crippen LogP contribution in [0.4, 0.5) is 10.7 Å². The summed E-state index contributed by atoms with van der Waals surface area (Å²) in [6.45, 7) is 1.66. The Morgan fingerprint density at radius 2 is 2.15 bits per heavy atom. The zero-order valence-electron chi connectivity index (χ0n) is 14.6. The Balaban J connectivity index is 1.69. The minimum Gasteiger partial charge on any atom is -0.484 e. The molecule has 1 N–H and O–H groups in total. The van der Waals surface area contributed by atoms with Crippen molar-refractivity contribution in [2.75, 3.05) is 18.5 Å². The number of nitrogens with zero attached hydrogens (tertiary/aromatic N) is 1. The molecule has 0 radical (unpaired) electrons. The highest BCUT2D eigenvalue weighted by atomic mass is 32.1. The Morgan fingerprint density at radius 3 is 2.89 bits per heavy atom. The molecular formula is C18H18N2O6S. The van der Waals surface area contributed by atoms with E-state index in [-0.39, 0.29) is 24.7 Å². The first-order chi connectivity index (χ1) is 13.0. The van der Waals surface area contributed by atoms with Crippen molar-refractivity contribution < 1.29 is 24.0 Å². The molecule has 0 saturated heterocycles. The van der Waals surface area contributed by atoms with Crippen molar-refractivity contribution in [2.24, 2.45) is 0 Å². The van der Waals surface area contributed by atoms with E-state index in [4.69, 9.17) is 9.47 Å². The summed E-state index contributed by atoms with van der Waals surface area (Å²) < 4.78 is 10.4. The first kappa shape index (κ1) is 18.8. The van der Waals surface area contributed by atoms with Crippen molar-refractivity contribution in [3.8, 4) is 5.75 Å². The number of ether oxygens (including phenoxy) is 2. The predicted octanol–water partition coefficient (Wildman–Crippen LogP) is 3.34. The van der Waals surface area contributed by atoms with E-state index in [1.807, 2.05) is 0 Å². The highest BCUT2D eigenvalue weighted by Crippen LogP contribution is 2.39. The average Bonchev–Trinajstić information content (AvgIpc) is 3.21. The maximum Gasteiger partial charge on any atom is 0.341 e. The van der Waals surface area contributed by atoms with E-state index in [9.17, 15) is 19.7 Å². The number of hydrogen-bond donors (Lipinski definition) is 1. The van der Waals surface area contributed by atoms with E-state index >= 15 is 0 Å². The number of benzene rings is 1. The summed E-state index contributed by atoms with van der Waals surface area (Å²) in [6, 6.07) is 5.60. The number of anilines is 1. The number of carbonyl (C=O) groups is 2. The number of amides is 1. The quantitative estimate of drug-likeness (QED) is 0.441. The number of non-ortho nitro benzene ring substituents is 1. The largest absolute Gasteiger partial charge is 0.484 e. The smallest absolute Gasteiger partial charge is 0.341 e. The average molecular weight is 390 g/mol. The Labute approximate surface area is 159 Å². The number of nitrogens with one attached hydrogen (secondary N) is 1. The van der Waals surface area contributed by atoms with E-state index in [1.54, 1.807) is 6.92 Å². The number of aryl methyl sites for hydroxylation is 1. The molecule has 0 fully saturated rings. The molecule has 8 nitrogen and oxygen atoms in total. The van der Waals surface area contributed by atoms with Crippen LogP contribution < -0.4 is 10.1 Å². The molecule has 0 atom stereocenters. The molecule has 1 aromatic heterocycles. The number of nitro benzene ring substituents is 1. The van der Waals surface area contributed by atoms with Gasteiger partial charge >= 0.3 is 5.97 Å². The molecule has 3 rings (SSSR count). The number of fused-ring (bicyclic) bond motifs is 1. The van der Waals surface area contributed by atoms with Crippen molar-refractivity contribution >= 4 is 33.9 Å². The fourth-order valence-corrected chi connectivity index (χ4v) is 4.20. The Hall–Kier alpha value is -2.94. The second kappa shape index (κ2) is 8.17. The number of esters is 1. The number of hydrogen-bond acceptors (Lipinski definition) is 7. The summed E-state index contributed by atoms with van der Waals surface area (Å²) in [4.78, 5) is 35.9. The molecule has 0 unspecified atom stereocenters. The highest BCUT2D eigenvalue weighted by Gasteiger charge is 2.28. The van der Waals surface area contributed by atoms with Crippen LogP contribution in [0.15, 0.2) is 24.3 Å². The fraction of sp³-hybridized carbons (Fsp3) is 0.333. The molecular weight excluding hydrogens is 372 g/mol. The number of nitro groups is 1. The van der Waals surface area contributed by atoms with Crippen LogP contribution in [0.1, 0.15) is 34.1 Å². The second-order valence-electron chi connectivity index (χ2n) is 5.87. The standard InChI is InChI=1S/C18H18N2O6S/c1-2-25-18(22)16-13-7-4-8-14(13)27-17(16)19-15(21)10-26-12-6-3-5-11(9-12)20(23)24/h3,5-6,9H,2,4,7-8,10H2,1H3,(H,19,21). The molecule has 1 aliphatic carbocycles. The van der Waals surface area contributed by atoms with Crippen LogP contribution in [0, 0.1) is 10.1 Å². The predicted molar refractivity (Wildman–Crippen MR) is 99.5 cm³/mol. The van der Waals surface area contributed by atoms with Crippen molar-refractivity contribution in [3.05, 3.63) is 50.4 Å². The third-order valence-electron chi connectivity index (χ3n) is 4.05. The van der Waals surface area contributed by atoms with Gasteiger partial charge in [-0.25, -0.2) is 4.79 Å². The van der Waals surface area contributed by atoms with Gasteiger partial charge in [0.2, 0.25) is 0 Å². The summed E-state index contributed by atoms with van der Waals surface area (Å²) in [5.74, 6) is -0.669. The maximum absolute atomic E-state index is 12.3. The van der Waals surface area contributed by atoms with Gasteiger partial charge in [-0.2, -0.15) is 0 Å². The number of thiophene rings is 1. The molecule has 142 valence electrons. The molecule has 2 aromatic rings. The summed E-state index contributed by atoms with van der Waals surface area (Å²) in [7, 11) is 0. The topological polar surface area (TPSA) is 108 Å². The lowest BCUT2D eigenvalue weighted by Gasteiger charge is -2.09. The highest BCUT2D eigenvalue weighted by molar-refractivity contribution is 7.17. The van der Waals surface area contributed by atoms with Crippen molar-refractivity contribution in [1.29, 1.82) is 0 Å². The van der Waals surface area contributed by atoms with E-state index in [0.717, 1.165) is 29.7 Å². The molecule has 0 aliphatic heterocycles. The normalized spacial score (nSPS) is 12.3. The van der Waals surface area contributed by atoms with Crippen LogP contribution in [0.2, 0.25) is 0 Å². The summed E-state index contributed by atoms with van der Waals surface area (Å²) >= 11 is 1.38. The minimum atomic E-state index is -0.536. The SMILES string of the molecule is CCOC(=O)c1c(NC(=O)COc2cccc([N+](=O)[O-])c2)sc2c1CCC2. The van der Waals surface area contributed by atoms with E-state index < -0.39 is 16.8 Å². The van der Waals surface area contributed by atoms with Crippen molar-refractivity contribution in [3.63, 3.8) is 0 Å². The van der Waals surface area contributed by atoms with Gasteiger partial charge in [0.1, 0.15) is 10.8 Å². The zero-order valence-corrected chi connectivity index (χ0v) is 15.5. The van der Waals surface area contributed by atoms with Crippen LogP contribution in [-0.2, 0) is 22.4 Å². The molecule has 1 aliphatic rings. The molecule has 9 heteroatoms. The van der Waals surface area contributed by atoms with Crippen LogP contribution in [0.3, 0.4) is 0 Å². The third kappa shape index (κ3) is 4.25. The van der Waals surface area contributed by atoms with Gasteiger partial charge in [-0.15, -0.1) is 11.3 Å². The van der Waals surface area contributed by atoms with Crippen molar-refractivity contribution in [2.45, 2.75) is 26.2 Å². The Bertz CT molecular complexity index is 892. The number of carbonyl (C=O) groups excluding carboxylic acids is 2. The van der Waals surface area contributed by atoms with E-state index in [1.165, 1.54) is 35.6 Å². The molecule has 1 amide bonds. The van der Waals surface area contributed by atoms with Crippen LogP contribution >= 0.6 is 11.3 Å². The van der Waals surface area contributed by atoms with Gasteiger partial charge in [0.25, 0.3) is 11.6 Å². The summed E-state index contributed by atoms with van der Waals surface area (Å²) in [5.41, 5.74) is 1.26. The Kier molecular flexibility index (Phi) is 5.70. The lowest BCUT2D eigenvalue weighted by molar-refractivity contribution is -0.384.